The Labute approximate surface area is 188 Å². The van der Waals surface area contributed by atoms with E-state index in [4.69, 9.17) is 10.5 Å². The van der Waals surface area contributed by atoms with E-state index in [0.29, 0.717) is 24.2 Å². The van der Waals surface area contributed by atoms with Crippen LogP contribution in [0.3, 0.4) is 0 Å². The quantitative estimate of drug-likeness (QED) is 0.538. The third-order valence-corrected chi connectivity index (χ3v) is 5.74. The smallest absolute Gasteiger partial charge is 0.277 e. The zero-order chi connectivity index (χ0) is 23.4. The van der Waals surface area contributed by atoms with E-state index in [-0.39, 0.29) is 34.0 Å². The lowest BCUT2D eigenvalue weighted by atomic mass is 10.0. The molecule has 2 aromatic heterocycles. The summed E-state index contributed by atoms with van der Waals surface area (Å²) in [6, 6.07) is 3.46. The van der Waals surface area contributed by atoms with Gasteiger partial charge in [0.25, 0.3) is 5.91 Å². The third-order valence-electron chi connectivity index (χ3n) is 4.83. The molecule has 4 rings (SSSR count). The van der Waals surface area contributed by atoms with Gasteiger partial charge in [0.15, 0.2) is 5.69 Å². The Morgan fingerprint density at radius 3 is 2.62 bits per heavy atom. The molecule has 1 amide bonds. The number of nitrogens with two attached hydrogens (primary N) is 1. The summed E-state index contributed by atoms with van der Waals surface area (Å²) in [5.74, 6) is -2.21. The van der Waals surface area contributed by atoms with Gasteiger partial charge >= 0.3 is 0 Å². The summed E-state index contributed by atoms with van der Waals surface area (Å²) in [4.78, 5) is 16.9. The number of amides is 1. The first-order chi connectivity index (χ1) is 15.3. The highest BCUT2D eigenvalue weighted by molar-refractivity contribution is 7.19. The van der Waals surface area contributed by atoms with E-state index in [1.54, 1.807) is 11.7 Å². The minimum Gasteiger partial charge on any atom is -0.391 e. The number of aryl methyl sites for hydroxylation is 1. The van der Waals surface area contributed by atoms with Crippen LogP contribution in [0.25, 0.3) is 10.6 Å². The van der Waals surface area contributed by atoms with Gasteiger partial charge in [-0.3, -0.25) is 9.48 Å². The van der Waals surface area contributed by atoms with E-state index in [0.717, 1.165) is 23.5 Å². The number of anilines is 2. The van der Waals surface area contributed by atoms with Crippen LogP contribution in [0.1, 0.15) is 49.0 Å². The van der Waals surface area contributed by atoms with Crippen LogP contribution >= 0.6 is 11.3 Å². The van der Waals surface area contributed by atoms with Crippen LogP contribution < -0.4 is 11.1 Å². The Morgan fingerprint density at radius 2 is 2.00 bits per heavy atom. The molecule has 32 heavy (non-hydrogen) atoms. The molecule has 0 aliphatic carbocycles. The number of aliphatic hydroxyl groups is 1. The molecular formula is C21H25F2N5O3S. The topological polar surface area (TPSA) is 115 Å². The maximum atomic E-state index is 14.1. The Balaban J connectivity index is 0.00000141. The van der Waals surface area contributed by atoms with Gasteiger partial charge in [-0.15, -0.1) is 0 Å². The van der Waals surface area contributed by atoms with Crippen LogP contribution in [-0.2, 0) is 11.8 Å². The Kier molecular flexibility index (Phi) is 7.54. The van der Waals surface area contributed by atoms with Gasteiger partial charge in [-0.25, -0.2) is 13.8 Å². The summed E-state index contributed by atoms with van der Waals surface area (Å²) in [6.07, 6.45) is 1.76. The Morgan fingerprint density at radius 1 is 1.31 bits per heavy atom. The lowest BCUT2D eigenvalue weighted by Crippen LogP contribution is -2.26. The van der Waals surface area contributed by atoms with Crippen molar-refractivity contribution in [3.05, 3.63) is 47.4 Å². The highest BCUT2D eigenvalue weighted by Crippen LogP contribution is 2.35. The second-order valence-electron chi connectivity index (χ2n) is 6.90. The summed E-state index contributed by atoms with van der Waals surface area (Å²) in [6.45, 7) is 4.19. The molecule has 0 bridgehead atoms. The van der Waals surface area contributed by atoms with Gasteiger partial charge in [-0.05, 0) is 25.0 Å². The maximum Gasteiger partial charge on any atom is 0.277 e. The number of nitrogens with zero attached hydrogens (tertiary/aromatic N) is 3. The SMILES string of the molecule is CC.Cn1ncc(NC(=O)c2nc(-c3c(F)cccc3F)sc2N)c1[C@@H]1CCC(O)CO1. The van der Waals surface area contributed by atoms with Crippen molar-refractivity contribution >= 4 is 27.9 Å². The maximum absolute atomic E-state index is 14.1. The normalized spacial score (nSPS) is 18.1. The van der Waals surface area contributed by atoms with E-state index >= 15 is 0 Å². The Hall–Kier alpha value is -2.89. The minimum atomic E-state index is -0.790. The fraction of sp³-hybridized carbons (Fsp3) is 0.381. The average molecular weight is 466 g/mol. The van der Waals surface area contributed by atoms with Gasteiger partial charge in [0.1, 0.15) is 27.7 Å². The minimum absolute atomic E-state index is 0.0238. The van der Waals surface area contributed by atoms with Crippen molar-refractivity contribution in [1.82, 2.24) is 14.8 Å². The third kappa shape index (κ3) is 4.79. The number of carbonyl (C=O) groups is 1. The number of carbonyl (C=O) groups excluding carboxylic acids is 1. The van der Waals surface area contributed by atoms with E-state index in [2.05, 4.69) is 15.4 Å². The first-order valence-electron chi connectivity index (χ1n) is 10.2. The predicted molar refractivity (Wildman–Crippen MR) is 118 cm³/mol. The fourth-order valence-electron chi connectivity index (χ4n) is 3.36. The second kappa shape index (κ2) is 10.2. The van der Waals surface area contributed by atoms with Crippen LogP contribution in [0.4, 0.5) is 19.5 Å². The summed E-state index contributed by atoms with van der Waals surface area (Å²) >= 11 is 0.825. The van der Waals surface area contributed by atoms with Gasteiger partial charge in [-0.1, -0.05) is 31.3 Å². The number of nitrogens with one attached hydrogen (secondary N) is 1. The van der Waals surface area contributed by atoms with Crippen molar-refractivity contribution in [2.45, 2.75) is 38.9 Å². The van der Waals surface area contributed by atoms with Crippen molar-refractivity contribution in [3.63, 3.8) is 0 Å². The van der Waals surface area contributed by atoms with E-state index in [1.165, 1.54) is 12.3 Å². The van der Waals surface area contributed by atoms with Crippen LogP contribution in [0.2, 0.25) is 0 Å². The standard InChI is InChI=1S/C19H19F2N5O3S.C2H6/c1-26-16(13-6-5-9(27)8-29-13)12(7-23-26)24-18(28)15-17(22)30-19(25-15)14-10(20)3-2-4-11(14)21;1-2/h2-4,7,9,13,27H,5-6,8,22H2,1H3,(H,24,28);1-2H3/t9?,13-;/m0./s1. The van der Waals surface area contributed by atoms with Crippen molar-refractivity contribution in [3.8, 4) is 10.6 Å². The van der Waals surface area contributed by atoms with Crippen molar-refractivity contribution in [2.75, 3.05) is 17.7 Å². The molecular weight excluding hydrogens is 440 g/mol. The number of ether oxygens (including phenoxy) is 1. The number of hydrogen-bond donors (Lipinski definition) is 3. The molecule has 1 aliphatic rings. The number of thiazole rings is 1. The molecule has 1 aliphatic heterocycles. The number of halogens is 2. The molecule has 1 fully saturated rings. The molecule has 2 atom stereocenters. The summed E-state index contributed by atoms with van der Waals surface area (Å²) in [5, 5.41) is 16.5. The van der Waals surface area contributed by atoms with Crippen molar-refractivity contribution in [1.29, 1.82) is 0 Å². The molecule has 3 aromatic rings. The zero-order valence-corrected chi connectivity index (χ0v) is 18.7. The molecule has 1 aromatic carbocycles. The van der Waals surface area contributed by atoms with E-state index in [1.807, 2.05) is 13.8 Å². The highest BCUT2D eigenvalue weighted by atomic mass is 32.1. The molecule has 0 radical (unpaired) electrons. The van der Waals surface area contributed by atoms with Crippen LogP contribution in [-0.4, -0.2) is 38.5 Å². The fourth-order valence-corrected chi connectivity index (χ4v) is 4.24. The van der Waals surface area contributed by atoms with Gasteiger partial charge in [0, 0.05) is 7.05 Å². The van der Waals surface area contributed by atoms with E-state index < -0.39 is 23.6 Å². The van der Waals surface area contributed by atoms with Gasteiger partial charge < -0.3 is 20.9 Å². The second-order valence-corrected chi connectivity index (χ2v) is 7.93. The van der Waals surface area contributed by atoms with Crippen molar-refractivity contribution in [2.24, 2.45) is 7.05 Å². The lowest BCUT2D eigenvalue weighted by molar-refractivity contribution is -0.0594. The molecule has 3 heterocycles. The molecule has 0 saturated carbocycles. The predicted octanol–water partition coefficient (Wildman–Crippen LogP) is 3.89. The largest absolute Gasteiger partial charge is 0.391 e. The number of nitrogen functional groups attached to an aromatic ring is 1. The number of aliphatic hydroxyl groups excluding tert-OH is 1. The summed E-state index contributed by atoms with van der Waals surface area (Å²) < 4.78 is 35.4. The average Bonchev–Trinajstić information content (AvgIpc) is 3.32. The molecule has 8 nitrogen and oxygen atoms in total. The number of benzene rings is 1. The number of rotatable bonds is 4. The molecule has 1 unspecified atom stereocenters. The zero-order valence-electron chi connectivity index (χ0n) is 17.9. The molecule has 172 valence electrons. The molecule has 0 spiro atoms. The molecule has 4 N–H and O–H groups in total. The van der Waals surface area contributed by atoms with E-state index in [9.17, 15) is 18.7 Å². The Bertz CT molecular complexity index is 1070. The molecule has 11 heteroatoms. The van der Waals surface area contributed by atoms with Crippen LogP contribution in [0.5, 0.6) is 0 Å². The number of aromatic nitrogens is 3. The number of hydrogen-bond acceptors (Lipinski definition) is 7. The monoisotopic (exact) mass is 465 g/mol. The molecule has 1 saturated heterocycles. The summed E-state index contributed by atoms with van der Waals surface area (Å²) in [7, 11) is 1.72. The summed E-state index contributed by atoms with van der Waals surface area (Å²) in [5.41, 5.74) is 6.51. The lowest BCUT2D eigenvalue weighted by Gasteiger charge is -2.27. The first kappa shape index (κ1) is 23.8. The van der Waals surface area contributed by atoms with Crippen LogP contribution in [0, 0.1) is 11.6 Å². The van der Waals surface area contributed by atoms with Gasteiger partial charge in [-0.2, -0.15) is 5.10 Å². The van der Waals surface area contributed by atoms with Crippen LogP contribution in [0.15, 0.2) is 24.4 Å². The first-order valence-corrected chi connectivity index (χ1v) is 11.0. The highest BCUT2D eigenvalue weighted by Gasteiger charge is 2.28. The van der Waals surface area contributed by atoms with Crippen molar-refractivity contribution < 1.29 is 23.4 Å². The van der Waals surface area contributed by atoms with Gasteiger partial charge in [0.05, 0.1) is 35.9 Å². The van der Waals surface area contributed by atoms with Gasteiger partial charge in [0.2, 0.25) is 0 Å².